The van der Waals surface area contributed by atoms with E-state index in [1.807, 2.05) is 20.8 Å². The van der Waals surface area contributed by atoms with E-state index in [0.29, 0.717) is 12.8 Å². The van der Waals surface area contributed by atoms with E-state index in [1.54, 1.807) is 24.3 Å². The first-order valence-electron chi connectivity index (χ1n) is 7.64. The van der Waals surface area contributed by atoms with E-state index in [-0.39, 0.29) is 28.3 Å². The van der Waals surface area contributed by atoms with Crippen LogP contribution < -0.4 is 5.43 Å². The third-order valence-electron chi connectivity index (χ3n) is 5.75. The van der Waals surface area contributed by atoms with E-state index < -0.39 is 16.7 Å². The Labute approximate surface area is 140 Å². The summed E-state index contributed by atoms with van der Waals surface area (Å²) in [6, 6.07) is 6.52. The van der Waals surface area contributed by atoms with E-state index in [2.05, 4.69) is 5.43 Å². The average Bonchev–Trinajstić information content (AvgIpc) is 2.69. The van der Waals surface area contributed by atoms with E-state index in [1.165, 1.54) is 0 Å². The Hall–Kier alpha value is -1.88. The quantitative estimate of drug-likeness (QED) is 0.846. The minimum absolute atomic E-state index is 0.233. The summed E-state index contributed by atoms with van der Waals surface area (Å²) in [5, 5.41) is 1.17. The molecule has 3 amide bonds. The minimum atomic E-state index is -0.653. The largest absolute Gasteiger partial charge is 0.272 e. The summed E-state index contributed by atoms with van der Waals surface area (Å²) in [5.74, 6) is -1.51. The van der Waals surface area contributed by atoms with Gasteiger partial charge in [0.05, 0.1) is 16.0 Å². The molecule has 2 bridgehead atoms. The fourth-order valence-electron chi connectivity index (χ4n) is 3.73. The lowest BCUT2D eigenvalue weighted by atomic mass is 9.63. The summed E-state index contributed by atoms with van der Waals surface area (Å²) >= 11 is 6.00. The van der Waals surface area contributed by atoms with Gasteiger partial charge in [0.25, 0.3) is 17.7 Å². The molecular weight excluding hydrogens is 316 g/mol. The van der Waals surface area contributed by atoms with Gasteiger partial charge < -0.3 is 0 Å². The molecule has 2 atom stereocenters. The number of rotatable bonds is 2. The zero-order valence-electron chi connectivity index (χ0n) is 13.4. The Balaban J connectivity index is 1.90. The van der Waals surface area contributed by atoms with Crippen molar-refractivity contribution >= 4 is 29.3 Å². The molecule has 0 spiro atoms. The second-order valence-corrected chi connectivity index (χ2v) is 7.45. The van der Waals surface area contributed by atoms with Gasteiger partial charge in [0.1, 0.15) is 0 Å². The van der Waals surface area contributed by atoms with Gasteiger partial charge in [0.15, 0.2) is 0 Å². The molecule has 122 valence electrons. The van der Waals surface area contributed by atoms with Gasteiger partial charge in [-0.3, -0.25) is 19.8 Å². The number of amides is 3. The lowest BCUT2D eigenvalue weighted by Gasteiger charge is -2.47. The van der Waals surface area contributed by atoms with Crippen molar-refractivity contribution in [1.29, 1.82) is 0 Å². The smallest absolute Gasteiger partial charge is 0.271 e. The number of hydrazine groups is 1. The van der Waals surface area contributed by atoms with E-state index in [9.17, 15) is 14.4 Å². The van der Waals surface area contributed by atoms with Crippen LogP contribution in [0.5, 0.6) is 0 Å². The summed E-state index contributed by atoms with van der Waals surface area (Å²) < 4.78 is 0. The highest BCUT2D eigenvalue weighted by Crippen LogP contribution is 2.59. The maximum absolute atomic E-state index is 12.8. The topological polar surface area (TPSA) is 66.5 Å². The van der Waals surface area contributed by atoms with Crippen LogP contribution >= 0.6 is 11.6 Å². The van der Waals surface area contributed by atoms with Crippen LogP contribution in [-0.4, -0.2) is 22.7 Å². The molecule has 1 aliphatic heterocycles. The summed E-state index contributed by atoms with van der Waals surface area (Å²) in [6.07, 6.45) is 1.31. The maximum Gasteiger partial charge on any atom is 0.271 e. The highest BCUT2D eigenvalue weighted by molar-refractivity contribution is 6.33. The predicted octanol–water partition coefficient (Wildman–Crippen LogP) is 2.80. The van der Waals surface area contributed by atoms with Crippen LogP contribution in [-0.2, 0) is 9.59 Å². The molecule has 0 aromatic heterocycles. The van der Waals surface area contributed by atoms with Gasteiger partial charge in [-0.15, -0.1) is 0 Å². The zero-order chi connectivity index (χ0) is 17.0. The summed E-state index contributed by atoms with van der Waals surface area (Å²) in [4.78, 5) is 37.9. The molecule has 1 aromatic carbocycles. The van der Waals surface area contributed by atoms with E-state index >= 15 is 0 Å². The lowest BCUT2D eigenvalue weighted by Crippen LogP contribution is -2.64. The highest BCUT2D eigenvalue weighted by atomic mass is 35.5. The number of carbonyl (C=O) groups is 3. The minimum Gasteiger partial charge on any atom is -0.272 e. The van der Waals surface area contributed by atoms with Gasteiger partial charge in [-0.05, 0) is 30.4 Å². The summed E-state index contributed by atoms with van der Waals surface area (Å²) in [6.45, 7) is 5.78. The molecule has 2 fully saturated rings. The number of hydrogen-bond donors (Lipinski definition) is 1. The van der Waals surface area contributed by atoms with Crippen LogP contribution in [0.2, 0.25) is 5.02 Å². The van der Waals surface area contributed by atoms with Gasteiger partial charge in [0.2, 0.25) is 0 Å². The van der Waals surface area contributed by atoms with Crippen LogP contribution in [0.1, 0.15) is 44.0 Å². The first-order chi connectivity index (χ1) is 10.7. The van der Waals surface area contributed by atoms with Crippen molar-refractivity contribution in [3.63, 3.8) is 0 Å². The second-order valence-electron chi connectivity index (χ2n) is 7.04. The van der Waals surface area contributed by atoms with Gasteiger partial charge >= 0.3 is 0 Å². The fourth-order valence-corrected chi connectivity index (χ4v) is 3.95. The van der Waals surface area contributed by atoms with Crippen molar-refractivity contribution in [3.05, 3.63) is 34.9 Å². The molecule has 0 unspecified atom stereocenters. The molecule has 1 saturated carbocycles. The molecule has 1 saturated heterocycles. The number of halogens is 1. The Morgan fingerprint density at radius 2 is 1.91 bits per heavy atom. The lowest BCUT2D eigenvalue weighted by molar-refractivity contribution is -0.171. The zero-order valence-corrected chi connectivity index (χ0v) is 14.1. The molecule has 0 radical (unpaired) electrons. The molecule has 3 rings (SSSR count). The monoisotopic (exact) mass is 334 g/mol. The number of hydrogen-bond acceptors (Lipinski definition) is 3. The van der Waals surface area contributed by atoms with Crippen molar-refractivity contribution < 1.29 is 14.4 Å². The van der Waals surface area contributed by atoms with Crippen LogP contribution in [0.4, 0.5) is 0 Å². The molecule has 23 heavy (non-hydrogen) atoms. The SMILES string of the molecule is CC1(C)[C@H]2CC[C@@]1(C)C(=O)N(NC(=O)c1ccccc1Cl)C2=O. The number of nitrogens with one attached hydrogen (secondary N) is 1. The number of nitrogens with zero attached hydrogens (tertiary/aromatic N) is 1. The van der Waals surface area contributed by atoms with Crippen LogP contribution in [0.25, 0.3) is 0 Å². The number of piperidine rings is 1. The summed E-state index contributed by atoms with van der Waals surface area (Å²) in [7, 11) is 0. The second kappa shape index (κ2) is 5.06. The predicted molar refractivity (Wildman–Crippen MR) is 85.4 cm³/mol. The Morgan fingerprint density at radius 3 is 2.57 bits per heavy atom. The van der Waals surface area contributed by atoms with Gasteiger partial charge in [0, 0.05) is 5.92 Å². The molecule has 1 aliphatic carbocycles. The third-order valence-corrected chi connectivity index (χ3v) is 6.08. The molecular formula is C17H19ClN2O3. The maximum atomic E-state index is 12.8. The van der Waals surface area contributed by atoms with Crippen LogP contribution in [0, 0.1) is 16.7 Å². The van der Waals surface area contributed by atoms with Crippen molar-refractivity contribution in [3.8, 4) is 0 Å². The molecule has 5 nitrogen and oxygen atoms in total. The number of fused-ring (bicyclic) bond motifs is 2. The number of benzene rings is 1. The van der Waals surface area contributed by atoms with Crippen molar-refractivity contribution in [2.75, 3.05) is 0 Å². The number of imide groups is 1. The van der Waals surface area contributed by atoms with Gasteiger partial charge in [-0.2, -0.15) is 5.01 Å². The molecule has 1 heterocycles. The van der Waals surface area contributed by atoms with E-state index in [0.717, 1.165) is 5.01 Å². The Bertz CT molecular complexity index is 716. The van der Waals surface area contributed by atoms with Gasteiger partial charge in [-0.1, -0.05) is 44.5 Å². The van der Waals surface area contributed by atoms with Crippen molar-refractivity contribution in [1.82, 2.24) is 10.4 Å². The van der Waals surface area contributed by atoms with Crippen molar-refractivity contribution in [2.24, 2.45) is 16.7 Å². The fraction of sp³-hybridized carbons (Fsp3) is 0.471. The van der Waals surface area contributed by atoms with E-state index in [4.69, 9.17) is 11.6 Å². The first-order valence-corrected chi connectivity index (χ1v) is 8.02. The molecule has 1 aromatic rings. The number of carbonyl (C=O) groups excluding carboxylic acids is 3. The molecule has 2 aliphatic rings. The molecule has 6 heteroatoms. The van der Waals surface area contributed by atoms with Gasteiger partial charge in [-0.25, -0.2) is 0 Å². The Kier molecular flexibility index (Phi) is 3.52. The average molecular weight is 335 g/mol. The normalized spacial score (nSPS) is 28.9. The highest BCUT2D eigenvalue weighted by Gasteiger charge is 2.64. The summed E-state index contributed by atoms with van der Waals surface area (Å²) in [5.41, 5.74) is 1.62. The first kappa shape index (κ1) is 16.0. The van der Waals surface area contributed by atoms with Crippen LogP contribution in [0.15, 0.2) is 24.3 Å². The molecule has 1 N–H and O–H groups in total. The standard InChI is InChI=1S/C17H19ClN2O3/c1-16(2)11-8-9-17(16,3)15(23)20(14(11)22)19-13(21)10-6-4-5-7-12(10)18/h4-7,11H,8-9H2,1-3H3,(H,19,21)/t11-,17-/m0/s1. The van der Waals surface area contributed by atoms with Crippen molar-refractivity contribution in [2.45, 2.75) is 33.6 Å². The van der Waals surface area contributed by atoms with Crippen LogP contribution in [0.3, 0.4) is 0 Å². The third kappa shape index (κ3) is 2.10. The Morgan fingerprint density at radius 1 is 1.26 bits per heavy atom.